The molecule has 0 saturated carbocycles. The van der Waals surface area contributed by atoms with Gasteiger partial charge in [0.05, 0.1) is 23.6 Å². The average Bonchev–Trinajstić information content (AvgIpc) is 3.01. The number of rotatable bonds is 4. The normalized spacial score (nSPS) is 11.0. The van der Waals surface area contributed by atoms with Crippen LogP contribution in [0.4, 0.5) is 10.2 Å². The summed E-state index contributed by atoms with van der Waals surface area (Å²) in [6, 6.07) is 12.3. The van der Waals surface area contributed by atoms with Crippen molar-refractivity contribution in [3.63, 3.8) is 0 Å². The minimum Gasteiger partial charge on any atom is -0.361 e. The SMILES string of the molecule is Cc1cn2cc(-c3ccccc3F)nc(NCc3ccccn3)c2n1. The standard InChI is InChI=1S/C19H16FN5/c1-13-11-25-12-17(15-7-2-3-8-16(15)20)24-18(19(25)23-13)22-10-14-6-4-5-9-21-14/h2-9,11-12H,10H2,1H3,(H,22,24). The number of hydrogen-bond donors (Lipinski definition) is 1. The molecule has 25 heavy (non-hydrogen) atoms. The third-order valence-electron chi connectivity index (χ3n) is 3.87. The van der Waals surface area contributed by atoms with Crippen LogP contribution < -0.4 is 5.32 Å². The van der Waals surface area contributed by atoms with Crippen molar-refractivity contribution in [3.05, 3.63) is 78.3 Å². The molecule has 1 aromatic carbocycles. The molecule has 0 fully saturated rings. The lowest BCUT2D eigenvalue weighted by molar-refractivity contribution is 0.630. The number of aryl methyl sites for hydroxylation is 1. The summed E-state index contributed by atoms with van der Waals surface area (Å²) in [5, 5.41) is 3.27. The summed E-state index contributed by atoms with van der Waals surface area (Å²) in [4.78, 5) is 13.4. The van der Waals surface area contributed by atoms with Crippen molar-refractivity contribution in [2.45, 2.75) is 13.5 Å². The van der Waals surface area contributed by atoms with E-state index in [0.717, 1.165) is 11.4 Å². The number of imidazole rings is 1. The summed E-state index contributed by atoms with van der Waals surface area (Å²) in [6.45, 7) is 2.43. The molecule has 0 bridgehead atoms. The Morgan fingerprint density at radius 1 is 1.04 bits per heavy atom. The van der Waals surface area contributed by atoms with E-state index in [-0.39, 0.29) is 5.82 Å². The van der Waals surface area contributed by atoms with Crippen LogP contribution in [-0.4, -0.2) is 19.4 Å². The monoisotopic (exact) mass is 333 g/mol. The van der Waals surface area contributed by atoms with Gasteiger partial charge in [-0.25, -0.2) is 14.4 Å². The average molecular weight is 333 g/mol. The van der Waals surface area contributed by atoms with Gasteiger partial charge in [0.1, 0.15) is 5.82 Å². The molecule has 1 N–H and O–H groups in total. The lowest BCUT2D eigenvalue weighted by Gasteiger charge is -2.10. The van der Waals surface area contributed by atoms with Gasteiger partial charge in [0.15, 0.2) is 11.5 Å². The van der Waals surface area contributed by atoms with Crippen molar-refractivity contribution >= 4 is 11.5 Å². The van der Waals surface area contributed by atoms with Gasteiger partial charge in [-0.2, -0.15) is 0 Å². The third-order valence-corrected chi connectivity index (χ3v) is 3.87. The van der Waals surface area contributed by atoms with Gasteiger partial charge in [-0.15, -0.1) is 0 Å². The lowest BCUT2D eigenvalue weighted by Crippen LogP contribution is -2.06. The Bertz CT molecular complexity index is 1030. The fourth-order valence-electron chi connectivity index (χ4n) is 2.72. The number of aromatic nitrogens is 4. The molecular formula is C19H16FN5. The predicted molar refractivity (Wildman–Crippen MR) is 94.7 cm³/mol. The first-order valence-electron chi connectivity index (χ1n) is 7.96. The van der Waals surface area contributed by atoms with Gasteiger partial charge in [-0.05, 0) is 31.2 Å². The minimum atomic E-state index is -0.304. The van der Waals surface area contributed by atoms with E-state index in [1.54, 1.807) is 30.6 Å². The van der Waals surface area contributed by atoms with Gasteiger partial charge in [0.25, 0.3) is 0 Å². The molecule has 124 valence electrons. The molecule has 0 saturated heterocycles. The summed E-state index contributed by atoms with van der Waals surface area (Å²) in [5.41, 5.74) is 3.46. The molecule has 4 aromatic rings. The second kappa shape index (κ2) is 6.32. The predicted octanol–water partition coefficient (Wildman–Crippen LogP) is 3.85. The van der Waals surface area contributed by atoms with Crippen LogP contribution in [0.1, 0.15) is 11.4 Å². The van der Waals surface area contributed by atoms with Gasteiger partial charge in [0, 0.05) is 24.2 Å². The number of pyridine rings is 1. The van der Waals surface area contributed by atoms with Crippen molar-refractivity contribution in [1.82, 2.24) is 19.4 Å². The van der Waals surface area contributed by atoms with Crippen molar-refractivity contribution < 1.29 is 4.39 Å². The Hall–Kier alpha value is -3.28. The fraction of sp³-hybridized carbons (Fsp3) is 0.105. The minimum absolute atomic E-state index is 0.304. The van der Waals surface area contributed by atoms with Crippen LogP contribution in [0.5, 0.6) is 0 Å². The molecule has 0 unspecified atom stereocenters. The number of hydrogen-bond acceptors (Lipinski definition) is 4. The van der Waals surface area contributed by atoms with E-state index in [2.05, 4.69) is 20.3 Å². The molecule has 6 heteroatoms. The van der Waals surface area contributed by atoms with Crippen molar-refractivity contribution in [1.29, 1.82) is 0 Å². The van der Waals surface area contributed by atoms with E-state index in [0.29, 0.717) is 29.3 Å². The van der Waals surface area contributed by atoms with Crippen LogP contribution in [0, 0.1) is 12.7 Å². The van der Waals surface area contributed by atoms with Crippen LogP contribution in [0.3, 0.4) is 0 Å². The highest BCUT2D eigenvalue weighted by Gasteiger charge is 2.13. The number of anilines is 1. The first kappa shape index (κ1) is 15.3. The number of nitrogens with zero attached hydrogens (tertiary/aromatic N) is 4. The van der Waals surface area contributed by atoms with Gasteiger partial charge in [-0.3, -0.25) is 4.98 Å². The van der Waals surface area contributed by atoms with Crippen LogP contribution in [-0.2, 0) is 6.54 Å². The van der Waals surface area contributed by atoms with Crippen LogP contribution in [0.25, 0.3) is 16.9 Å². The maximum atomic E-state index is 14.2. The van der Waals surface area contributed by atoms with E-state index in [9.17, 15) is 4.39 Å². The first-order chi connectivity index (χ1) is 12.2. The Labute approximate surface area is 144 Å². The summed E-state index contributed by atoms with van der Waals surface area (Å²) >= 11 is 0. The number of halogens is 1. The summed E-state index contributed by atoms with van der Waals surface area (Å²) in [6.07, 6.45) is 5.43. The first-order valence-corrected chi connectivity index (χ1v) is 7.96. The molecule has 0 spiro atoms. The van der Waals surface area contributed by atoms with Crippen molar-refractivity contribution in [3.8, 4) is 11.3 Å². The lowest BCUT2D eigenvalue weighted by atomic mass is 10.1. The maximum Gasteiger partial charge on any atom is 0.180 e. The number of fused-ring (bicyclic) bond motifs is 1. The number of benzene rings is 1. The second-order valence-electron chi connectivity index (χ2n) is 5.74. The zero-order chi connectivity index (χ0) is 17.2. The molecule has 0 atom stereocenters. The largest absolute Gasteiger partial charge is 0.361 e. The molecule has 4 rings (SSSR count). The zero-order valence-corrected chi connectivity index (χ0v) is 13.6. The highest BCUT2D eigenvalue weighted by atomic mass is 19.1. The molecule has 0 aliphatic heterocycles. The highest BCUT2D eigenvalue weighted by Crippen LogP contribution is 2.25. The Morgan fingerprint density at radius 2 is 1.88 bits per heavy atom. The van der Waals surface area contributed by atoms with Gasteiger partial charge in [-0.1, -0.05) is 18.2 Å². The fourth-order valence-corrected chi connectivity index (χ4v) is 2.72. The van der Waals surface area contributed by atoms with Crippen LogP contribution in [0.15, 0.2) is 61.1 Å². The van der Waals surface area contributed by atoms with E-state index in [1.807, 2.05) is 35.7 Å². The molecule has 0 aliphatic rings. The van der Waals surface area contributed by atoms with Gasteiger partial charge < -0.3 is 9.72 Å². The molecule has 0 radical (unpaired) electrons. The van der Waals surface area contributed by atoms with Gasteiger partial charge >= 0.3 is 0 Å². The second-order valence-corrected chi connectivity index (χ2v) is 5.74. The smallest absolute Gasteiger partial charge is 0.180 e. The summed E-state index contributed by atoms with van der Waals surface area (Å²) < 4.78 is 16.0. The molecule has 3 aromatic heterocycles. The molecule has 3 heterocycles. The summed E-state index contributed by atoms with van der Waals surface area (Å²) in [7, 11) is 0. The highest BCUT2D eigenvalue weighted by molar-refractivity contribution is 5.69. The molecule has 5 nitrogen and oxygen atoms in total. The third kappa shape index (κ3) is 3.06. The van der Waals surface area contributed by atoms with E-state index < -0.39 is 0 Å². The quantitative estimate of drug-likeness (QED) is 0.616. The van der Waals surface area contributed by atoms with Crippen molar-refractivity contribution in [2.75, 3.05) is 5.32 Å². The van der Waals surface area contributed by atoms with Crippen molar-refractivity contribution in [2.24, 2.45) is 0 Å². The Kier molecular flexibility index (Phi) is 3.85. The topological polar surface area (TPSA) is 55.1 Å². The van der Waals surface area contributed by atoms with Crippen LogP contribution >= 0.6 is 0 Å². The molecule has 0 amide bonds. The summed E-state index contributed by atoms with van der Waals surface area (Å²) in [5.74, 6) is 0.293. The van der Waals surface area contributed by atoms with Crippen LogP contribution in [0.2, 0.25) is 0 Å². The zero-order valence-electron chi connectivity index (χ0n) is 13.6. The van der Waals surface area contributed by atoms with Gasteiger partial charge in [0.2, 0.25) is 0 Å². The molecule has 0 aliphatic carbocycles. The van der Waals surface area contributed by atoms with E-state index >= 15 is 0 Å². The Morgan fingerprint density at radius 3 is 2.68 bits per heavy atom. The Balaban J connectivity index is 1.77. The van der Waals surface area contributed by atoms with E-state index in [1.165, 1.54) is 6.07 Å². The van der Waals surface area contributed by atoms with E-state index in [4.69, 9.17) is 0 Å². The maximum absolute atomic E-state index is 14.2. The molecular weight excluding hydrogens is 317 g/mol. The number of nitrogens with one attached hydrogen (secondary N) is 1.